The van der Waals surface area contributed by atoms with Crippen LogP contribution >= 0.6 is 0 Å². The molecule has 0 spiro atoms. The predicted molar refractivity (Wildman–Crippen MR) is 102 cm³/mol. The highest BCUT2D eigenvalue weighted by Crippen LogP contribution is 2.23. The van der Waals surface area contributed by atoms with Gasteiger partial charge in [-0.2, -0.15) is 0 Å². The van der Waals surface area contributed by atoms with Gasteiger partial charge < -0.3 is 15.0 Å². The smallest absolute Gasteiger partial charge is 0.309 e. The number of quaternary nitrogens is 1. The minimum Gasteiger partial charge on any atom is -0.461 e. The van der Waals surface area contributed by atoms with Crippen molar-refractivity contribution in [3.05, 3.63) is 48.7 Å². The second kappa shape index (κ2) is 8.81. The number of Topliss-reactive ketones (excluding diaryl/α,β-unsaturated/α-hetero) is 1. The summed E-state index contributed by atoms with van der Waals surface area (Å²) in [6.45, 7) is 7.56. The number of aromatic nitrogens is 1. The molecule has 2 rings (SSSR count). The van der Waals surface area contributed by atoms with E-state index in [1.807, 2.05) is 33.0 Å². The number of nitrogens with zero attached hydrogens (tertiary/aromatic N) is 1. The van der Waals surface area contributed by atoms with Crippen LogP contribution in [0.5, 0.6) is 0 Å². The number of hydrogen-bond donors (Lipinski definition) is 1. The van der Waals surface area contributed by atoms with Gasteiger partial charge in [0.15, 0.2) is 5.78 Å². The van der Waals surface area contributed by atoms with Crippen LogP contribution in [0.3, 0.4) is 0 Å². The van der Waals surface area contributed by atoms with Crippen LogP contribution in [0.15, 0.2) is 43.1 Å². The Bertz CT molecular complexity index is 792. The fraction of sp³-hybridized carbons (Fsp3) is 0.429. The van der Waals surface area contributed by atoms with Crippen LogP contribution in [0.1, 0.15) is 25.8 Å². The zero-order valence-electron chi connectivity index (χ0n) is 15.9. The molecule has 0 aliphatic carbocycles. The van der Waals surface area contributed by atoms with Crippen LogP contribution < -0.4 is 5.73 Å². The zero-order valence-corrected chi connectivity index (χ0v) is 15.9. The van der Waals surface area contributed by atoms with Gasteiger partial charge in [-0.3, -0.25) is 9.59 Å². The minimum absolute atomic E-state index is 0.00723. The number of fused-ring (bicyclic) bond motifs is 1. The quantitative estimate of drug-likeness (QED) is 0.553. The highest BCUT2D eigenvalue weighted by Gasteiger charge is 2.30. The van der Waals surface area contributed by atoms with E-state index in [9.17, 15) is 9.59 Å². The molecule has 3 N–H and O–H groups in total. The molecular formula is C21H29N2O3+. The molecule has 0 unspecified atom stereocenters. The Labute approximate surface area is 154 Å². The zero-order chi connectivity index (χ0) is 19.3. The van der Waals surface area contributed by atoms with Gasteiger partial charge in [-0.1, -0.05) is 44.7 Å². The summed E-state index contributed by atoms with van der Waals surface area (Å²) in [4.78, 5) is 24.9. The number of hydrogen-bond acceptors (Lipinski definition) is 3. The summed E-state index contributed by atoms with van der Waals surface area (Å²) in [5.74, 6) is -0.766. The lowest BCUT2D eigenvalue weighted by molar-refractivity contribution is -0.402. The molecule has 2 aromatic rings. The molecule has 0 fully saturated rings. The first kappa shape index (κ1) is 19.9. The van der Waals surface area contributed by atoms with Crippen molar-refractivity contribution < 1.29 is 20.1 Å². The van der Waals surface area contributed by atoms with E-state index in [1.54, 1.807) is 0 Å². The first-order chi connectivity index (χ1) is 12.3. The number of aryl methyl sites for hydroxylation is 1. The number of benzene rings is 1. The molecule has 1 aromatic carbocycles. The highest BCUT2D eigenvalue weighted by atomic mass is 16.5. The maximum absolute atomic E-state index is 12.7. The molecule has 26 heavy (non-hydrogen) atoms. The van der Waals surface area contributed by atoms with E-state index >= 15 is 0 Å². The summed E-state index contributed by atoms with van der Waals surface area (Å²) in [7, 11) is 2.00. The Kier molecular flexibility index (Phi) is 6.75. The lowest BCUT2D eigenvalue weighted by Crippen LogP contribution is -2.66. The molecule has 0 bridgehead atoms. The van der Waals surface area contributed by atoms with Crippen LogP contribution in [-0.2, 0) is 27.8 Å². The lowest BCUT2D eigenvalue weighted by Gasteiger charge is -2.19. The van der Waals surface area contributed by atoms with Crippen LogP contribution in [0.2, 0.25) is 0 Å². The standard InChI is InChI=1S/C21H28N2O3/c1-5-10-26-21(25)17(14(2)3)12-20(24)18(22)11-15-13-23(4)19-9-7-6-8-16(15)19/h5-9,13-14,17-18H,1,10-12,22H2,2-4H3/p+1/t17-,18-/m0/s1. The van der Waals surface area contributed by atoms with Crippen molar-refractivity contribution in [3.63, 3.8) is 0 Å². The first-order valence-electron chi connectivity index (χ1n) is 9.01. The SMILES string of the molecule is C=CCOC(=O)[C@@H](CC(=O)[C@@H]([NH3+])Cc1cn(C)c2ccccc12)C(C)C. The van der Waals surface area contributed by atoms with E-state index in [-0.39, 0.29) is 30.7 Å². The molecule has 0 saturated heterocycles. The second-order valence-electron chi connectivity index (χ2n) is 7.12. The van der Waals surface area contributed by atoms with E-state index in [2.05, 4.69) is 35.2 Å². The van der Waals surface area contributed by atoms with Crippen molar-refractivity contribution in [2.75, 3.05) is 6.61 Å². The topological polar surface area (TPSA) is 75.9 Å². The number of carbonyl (C=O) groups is 2. The fourth-order valence-corrected chi connectivity index (χ4v) is 3.19. The summed E-state index contributed by atoms with van der Waals surface area (Å²) in [5.41, 5.74) is 6.29. The monoisotopic (exact) mass is 357 g/mol. The fourth-order valence-electron chi connectivity index (χ4n) is 3.19. The maximum Gasteiger partial charge on any atom is 0.309 e. The van der Waals surface area contributed by atoms with Gasteiger partial charge in [0, 0.05) is 37.0 Å². The van der Waals surface area contributed by atoms with Crippen molar-refractivity contribution >= 4 is 22.7 Å². The third kappa shape index (κ3) is 4.61. The molecule has 1 aromatic heterocycles. The van der Waals surface area contributed by atoms with E-state index in [0.29, 0.717) is 6.42 Å². The Morgan fingerprint density at radius 2 is 2.00 bits per heavy atom. The molecule has 5 nitrogen and oxygen atoms in total. The molecule has 140 valence electrons. The van der Waals surface area contributed by atoms with Crippen molar-refractivity contribution in [2.45, 2.75) is 32.7 Å². The molecule has 0 radical (unpaired) electrons. The summed E-state index contributed by atoms with van der Waals surface area (Å²) in [6.07, 6.45) is 4.30. The largest absolute Gasteiger partial charge is 0.461 e. The van der Waals surface area contributed by atoms with E-state index in [0.717, 1.165) is 16.5 Å². The van der Waals surface area contributed by atoms with E-state index in [4.69, 9.17) is 4.74 Å². The molecule has 0 aliphatic heterocycles. The molecule has 5 heteroatoms. The third-order valence-corrected chi connectivity index (χ3v) is 4.77. The summed E-state index contributed by atoms with van der Waals surface area (Å²) in [5, 5.41) is 1.14. The van der Waals surface area contributed by atoms with Gasteiger partial charge in [-0.15, -0.1) is 0 Å². The van der Waals surface area contributed by atoms with Gasteiger partial charge >= 0.3 is 5.97 Å². The predicted octanol–water partition coefficient (Wildman–Crippen LogP) is 2.29. The molecule has 2 atom stereocenters. The van der Waals surface area contributed by atoms with E-state index in [1.165, 1.54) is 6.08 Å². The number of para-hydroxylation sites is 1. The molecule has 0 aliphatic rings. The highest BCUT2D eigenvalue weighted by molar-refractivity contribution is 5.89. The average molecular weight is 357 g/mol. The van der Waals surface area contributed by atoms with Gasteiger partial charge in [0.25, 0.3) is 0 Å². The second-order valence-corrected chi connectivity index (χ2v) is 7.12. The van der Waals surface area contributed by atoms with Crippen LogP contribution in [0, 0.1) is 11.8 Å². The van der Waals surface area contributed by atoms with Gasteiger partial charge in [0.1, 0.15) is 12.6 Å². The van der Waals surface area contributed by atoms with Gasteiger partial charge in [0.2, 0.25) is 0 Å². The van der Waals surface area contributed by atoms with Gasteiger partial charge in [-0.05, 0) is 17.5 Å². The van der Waals surface area contributed by atoms with Gasteiger partial charge in [-0.25, -0.2) is 0 Å². The molecular weight excluding hydrogens is 328 g/mol. The number of ketones is 1. The van der Waals surface area contributed by atoms with Crippen LogP contribution in [0.4, 0.5) is 0 Å². The maximum atomic E-state index is 12.7. The van der Waals surface area contributed by atoms with Crippen molar-refractivity contribution in [2.24, 2.45) is 18.9 Å². The third-order valence-electron chi connectivity index (χ3n) is 4.77. The number of carbonyl (C=O) groups excluding carboxylic acids is 2. The van der Waals surface area contributed by atoms with Crippen molar-refractivity contribution in [3.8, 4) is 0 Å². The first-order valence-corrected chi connectivity index (χ1v) is 9.01. The van der Waals surface area contributed by atoms with Crippen molar-refractivity contribution in [1.82, 2.24) is 4.57 Å². The Morgan fingerprint density at radius 3 is 2.65 bits per heavy atom. The minimum atomic E-state index is -0.445. The summed E-state index contributed by atoms with van der Waals surface area (Å²) < 4.78 is 7.20. The molecule has 1 heterocycles. The average Bonchev–Trinajstić information content (AvgIpc) is 2.93. The Balaban J connectivity index is 2.08. The number of esters is 1. The normalized spacial score (nSPS) is 13.6. The number of ether oxygens (including phenoxy) is 1. The summed E-state index contributed by atoms with van der Waals surface area (Å²) >= 11 is 0. The van der Waals surface area contributed by atoms with Crippen LogP contribution in [0.25, 0.3) is 10.9 Å². The van der Waals surface area contributed by atoms with Gasteiger partial charge in [0.05, 0.1) is 5.92 Å². The Hall–Kier alpha value is -2.40. The lowest BCUT2D eigenvalue weighted by atomic mass is 9.88. The van der Waals surface area contributed by atoms with E-state index < -0.39 is 12.0 Å². The molecule has 0 saturated carbocycles. The summed E-state index contributed by atoms with van der Waals surface area (Å²) in [6, 6.07) is 7.72. The number of rotatable bonds is 9. The van der Waals surface area contributed by atoms with Crippen molar-refractivity contribution in [1.29, 1.82) is 0 Å². The Morgan fingerprint density at radius 1 is 1.31 bits per heavy atom. The van der Waals surface area contributed by atoms with Crippen LogP contribution in [-0.4, -0.2) is 29.0 Å². The molecule has 0 amide bonds.